The number of nitrogens with zero attached hydrogens (tertiary/aromatic N) is 4. The highest BCUT2D eigenvalue weighted by molar-refractivity contribution is 7.91. The Morgan fingerprint density at radius 2 is 1.97 bits per heavy atom. The van der Waals surface area contributed by atoms with E-state index < -0.39 is 22.0 Å². The number of nitrogens with one attached hydrogen (secondary N) is 1. The van der Waals surface area contributed by atoms with E-state index >= 15 is 0 Å². The SMILES string of the molecule is CNC(=O)C1CN(S(=O)(=O)c2cc3ccc(Cl)cc3s2)CCN1C(=O)c1nc2c(s1)CN(C)C(C)C2. The number of hydrogen-bond donors (Lipinski definition) is 1. The summed E-state index contributed by atoms with van der Waals surface area (Å²) in [6, 6.07) is 6.22. The predicted molar refractivity (Wildman–Crippen MR) is 141 cm³/mol. The molecule has 9 nitrogen and oxygen atoms in total. The van der Waals surface area contributed by atoms with E-state index in [1.807, 2.05) is 7.05 Å². The van der Waals surface area contributed by atoms with Crippen LogP contribution in [0.2, 0.25) is 5.02 Å². The van der Waals surface area contributed by atoms with Crippen LogP contribution >= 0.6 is 34.3 Å². The van der Waals surface area contributed by atoms with E-state index in [4.69, 9.17) is 11.6 Å². The fourth-order valence-electron chi connectivity index (χ4n) is 4.54. The maximum atomic E-state index is 13.5. The molecule has 1 fully saturated rings. The predicted octanol–water partition coefficient (Wildman–Crippen LogP) is 2.65. The number of likely N-dealkylation sites (N-methyl/N-ethyl adjacent to an activating group) is 2. The number of piperazine rings is 1. The zero-order chi connectivity index (χ0) is 25.8. The molecule has 1 N–H and O–H groups in total. The fourth-order valence-corrected chi connectivity index (χ4v) is 8.92. The Kier molecular flexibility index (Phi) is 6.85. The lowest BCUT2D eigenvalue weighted by molar-refractivity contribution is -0.126. The maximum absolute atomic E-state index is 13.5. The van der Waals surface area contributed by atoms with E-state index in [-0.39, 0.29) is 29.8 Å². The van der Waals surface area contributed by atoms with Gasteiger partial charge in [-0.15, -0.1) is 22.7 Å². The van der Waals surface area contributed by atoms with E-state index in [1.54, 1.807) is 24.3 Å². The highest BCUT2D eigenvalue weighted by Crippen LogP contribution is 2.34. The number of carbonyl (C=O) groups excluding carboxylic acids is 2. The van der Waals surface area contributed by atoms with Crippen LogP contribution in [-0.2, 0) is 27.8 Å². The van der Waals surface area contributed by atoms with Crippen molar-refractivity contribution >= 4 is 66.2 Å². The molecule has 3 aromatic rings. The number of fused-ring (bicyclic) bond motifs is 2. The van der Waals surface area contributed by atoms with Gasteiger partial charge in [0.25, 0.3) is 15.9 Å². The highest BCUT2D eigenvalue weighted by Gasteiger charge is 2.41. The van der Waals surface area contributed by atoms with Crippen LogP contribution < -0.4 is 5.32 Å². The van der Waals surface area contributed by atoms with E-state index in [2.05, 4.69) is 22.1 Å². The van der Waals surface area contributed by atoms with Gasteiger partial charge in [0, 0.05) is 60.3 Å². The smallest absolute Gasteiger partial charge is 0.283 e. The number of carbonyl (C=O) groups is 2. The van der Waals surface area contributed by atoms with Gasteiger partial charge in [0.1, 0.15) is 10.3 Å². The summed E-state index contributed by atoms with van der Waals surface area (Å²) in [7, 11) is -0.345. The van der Waals surface area contributed by atoms with Crippen molar-refractivity contribution in [3.05, 3.63) is 44.9 Å². The van der Waals surface area contributed by atoms with Crippen LogP contribution in [0.25, 0.3) is 10.1 Å². The molecule has 2 aliphatic rings. The third-order valence-corrected chi connectivity index (χ3v) is 11.5. The summed E-state index contributed by atoms with van der Waals surface area (Å²) in [5, 5.41) is 4.24. The lowest BCUT2D eigenvalue weighted by Crippen LogP contribution is -2.61. The van der Waals surface area contributed by atoms with Gasteiger partial charge in [0.05, 0.1) is 5.69 Å². The van der Waals surface area contributed by atoms with Crippen LogP contribution in [0.4, 0.5) is 0 Å². The number of benzene rings is 1. The van der Waals surface area contributed by atoms with E-state index in [0.717, 1.165) is 45.0 Å². The number of aromatic nitrogens is 1. The number of sulfonamides is 1. The van der Waals surface area contributed by atoms with Crippen molar-refractivity contribution in [3.8, 4) is 0 Å². The molecule has 2 aliphatic heterocycles. The average molecular weight is 568 g/mol. The molecule has 0 radical (unpaired) electrons. The summed E-state index contributed by atoms with van der Waals surface area (Å²) < 4.78 is 29.2. The van der Waals surface area contributed by atoms with Crippen molar-refractivity contribution in [1.29, 1.82) is 0 Å². The number of amides is 2. The number of hydrogen-bond acceptors (Lipinski definition) is 8. The Morgan fingerprint density at radius 1 is 1.19 bits per heavy atom. The van der Waals surface area contributed by atoms with Crippen molar-refractivity contribution in [2.75, 3.05) is 33.7 Å². The first kappa shape index (κ1) is 25.6. The summed E-state index contributed by atoms with van der Waals surface area (Å²) in [6.07, 6.45) is 0.765. The fraction of sp³-hybridized carbons (Fsp3) is 0.435. The summed E-state index contributed by atoms with van der Waals surface area (Å²) >= 11 is 8.56. The topological polar surface area (TPSA) is 103 Å². The molecular weight excluding hydrogens is 542 g/mol. The van der Waals surface area contributed by atoms with Gasteiger partial charge < -0.3 is 10.2 Å². The third-order valence-electron chi connectivity index (χ3n) is 6.80. The van der Waals surface area contributed by atoms with Gasteiger partial charge in [-0.1, -0.05) is 17.7 Å². The summed E-state index contributed by atoms with van der Waals surface area (Å²) in [5.74, 6) is -0.757. The first-order valence-electron chi connectivity index (χ1n) is 11.5. The summed E-state index contributed by atoms with van der Waals surface area (Å²) in [5.41, 5.74) is 0.927. The lowest BCUT2D eigenvalue weighted by atomic mass is 10.1. The molecule has 0 bridgehead atoms. The Morgan fingerprint density at radius 3 is 2.72 bits per heavy atom. The van der Waals surface area contributed by atoms with Crippen molar-refractivity contribution in [2.45, 2.75) is 36.2 Å². The Labute approximate surface area is 222 Å². The standard InChI is InChI=1S/C23H26ClN5O4S3/c1-13-8-16-19(12-27(13)3)35-22(26-16)23(31)29-7-6-28(11-17(29)21(30)25-2)36(32,33)20-9-14-4-5-15(24)10-18(14)34-20/h4-5,9-10,13,17H,6-8,11-12H2,1-3H3,(H,25,30). The molecule has 5 rings (SSSR count). The largest absolute Gasteiger partial charge is 0.357 e. The second-order valence-electron chi connectivity index (χ2n) is 9.10. The zero-order valence-electron chi connectivity index (χ0n) is 20.0. The van der Waals surface area contributed by atoms with Gasteiger partial charge in [0.2, 0.25) is 5.91 Å². The minimum absolute atomic E-state index is 0.0848. The van der Waals surface area contributed by atoms with Crippen LogP contribution in [0, 0.1) is 0 Å². The molecule has 13 heteroatoms. The van der Waals surface area contributed by atoms with Gasteiger partial charge in [0.15, 0.2) is 5.01 Å². The van der Waals surface area contributed by atoms with Gasteiger partial charge in [-0.3, -0.25) is 14.5 Å². The second-order valence-corrected chi connectivity index (χ2v) is 13.9. The minimum Gasteiger partial charge on any atom is -0.357 e. The van der Waals surface area contributed by atoms with Crippen molar-refractivity contribution in [3.63, 3.8) is 0 Å². The van der Waals surface area contributed by atoms with Crippen LogP contribution in [0.15, 0.2) is 28.5 Å². The maximum Gasteiger partial charge on any atom is 0.283 e. The van der Waals surface area contributed by atoms with Crippen LogP contribution in [-0.4, -0.2) is 85.1 Å². The number of thiophene rings is 1. The Hall–Kier alpha value is -2.09. The zero-order valence-corrected chi connectivity index (χ0v) is 23.2. The van der Waals surface area contributed by atoms with Crippen molar-refractivity contribution in [2.24, 2.45) is 0 Å². The van der Waals surface area contributed by atoms with Crippen molar-refractivity contribution < 1.29 is 18.0 Å². The molecule has 1 aromatic carbocycles. The molecule has 36 heavy (non-hydrogen) atoms. The molecule has 4 heterocycles. The van der Waals surface area contributed by atoms with E-state index in [1.165, 1.54) is 27.6 Å². The van der Waals surface area contributed by atoms with Gasteiger partial charge in [-0.25, -0.2) is 13.4 Å². The normalized spacial score (nSPS) is 21.5. The number of rotatable bonds is 4. The number of halogens is 1. The van der Waals surface area contributed by atoms with Crippen LogP contribution in [0.5, 0.6) is 0 Å². The first-order valence-corrected chi connectivity index (χ1v) is 14.9. The highest BCUT2D eigenvalue weighted by atomic mass is 35.5. The molecular formula is C23H26ClN5O4S3. The molecule has 192 valence electrons. The molecule has 2 unspecified atom stereocenters. The van der Waals surface area contributed by atoms with Gasteiger partial charge >= 0.3 is 0 Å². The molecule has 2 aromatic heterocycles. The molecule has 0 saturated carbocycles. The minimum atomic E-state index is -3.87. The van der Waals surface area contributed by atoms with E-state index in [0.29, 0.717) is 16.1 Å². The van der Waals surface area contributed by atoms with Gasteiger partial charge in [-0.05, 0) is 37.6 Å². The summed E-state index contributed by atoms with van der Waals surface area (Å²) in [4.78, 5) is 35.6. The second kappa shape index (κ2) is 9.66. The first-order chi connectivity index (χ1) is 17.1. The lowest BCUT2D eigenvalue weighted by Gasteiger charge is -2.39. The van der Waals surface area contributed by atoms with Crippen LogP contribution in [0.3, 0.4) is 0 Å². The molecule has 1 saturated heterocycles. The molecule has 0 aliphatic carbocycles. The number of thiazole rings is 1. The molecule has 0 spiro atoms. The monoisotopic (exact) mass is 567 g/mol. The third kappa shape index (κ3) is 4.54. The van der Waals surface area contributed by atoms with Gasteiger partial charge in [-0.2, -0.15) is 4.31 Å². The van der Waals surface area contributed by atoms with Crippen LogP contribution in [0.1, 0.15) is 27.3 Å². The van der Waals surface area contributed by atoms with E-state index in [9.17, 15) is 18.0 Å². The van der Waals surface area contributed by atoms with Crippen molar-refractivity contribution in [1.82, 2.24) is 24.4 Å². The Bertz CT molecular complexity index is 1430. The molecule has 2 amide bonds. The molecule has 2 atom stereocenters. The quantitative estimate of drug-likeness (QED) is 0.520. The summed E-state index contributed by atoms with van der Waals surface area (Å²) in [6.45, 7) is 2.89. The Balaban J connectivity index is 1.40. The average Bonchev–Trinajstić information content (AvgIpc) is 3.47.